The molecule has 20 heavy (non-hydrogen) atoms. The molecule has 0 aliphatic carbocycles. The normalized spacial score (nSPS) is 10.1. The van der Waals surface area contributed by atoms with Crippen molar-refractivity contribution < 1.29 is 18.8 Å². The third-order valence-electron chi connectivity index (χ3n) is 2.63. The Bertz CT molecular complexity index is 613. The third kappa shape index (κ3) is 3.44. The zero-order chi connectivity index (χ0) is 14.5. The van der Waals surface area contributed by atoms with Gasteiger partial charge in [0.25, 0.3) is 5.69 Å². The first-order valence-corrected chi connectivity index (χ1v) is 5.79. The van der Waals surface area contributed by atoms with Crippen molar-refractivity contribution in [2.75, 3.05) is 7.11 Å². The molecule has 0 heterocycles. The van der Waals surface area contributed by atoms with Gasteiger partial charge in [0.2, 0.25) is 0 Å². The van der Waals surface area contributed by atoms with Crippen molar-refractivity contribution in [2.24, 2.45) is 0 Å². The van der Waals surface area contributed by atoms with E-state index >= 15 is 0 Å². The smallest absolute Gasteiger partial charge is 0.276 e. The lowest BCUT2D eigenvalue weighted by molar-refractivity contribution is -0.385. The third-order valence-corrected chi connectivity index (χ3v) is 2.63. The molecule has 0 amide bonds. The standard InChI is InChI=1S/C14H12FNO4/c1-19-13-6-12(16(17)18)7-14(8-13)20-9-10-2-4-11(15)5-3-10/h2-8H,9H2,1H3. The van der Waals surface area contributed by atoms with E-state index in [4.69, 9.17) is 9.47 Å². The van der Waals surface area contributed by atoms with Crippen LogP contribution in [0.5, 0.6) is 11.5 Å². The predicted molar refractivity (Wildman–Crippen MR) is 70.4 cm³/mol. The van der Waals surface area contributed by atoms with Crippen LogP contribution in [0.2, 0.25) is 0 Å². The molecule has 0 unspecified atom stereocenters. The predicted octanol–water partition coefficient (Wildman–Crippen LogP) is 3.32. The molecule has 0 fully saturated rings. The Morgan fingerprint density at radius 1 is 1.15 bits per heavy atom. The Balaban J connectivity index is 2.14. The average molecular weight is 277 g/mol. The Morgan fingerprint density at radius 3 is 2.40 bits per heavy atom. The number of benzene rings is 2. The average Bonchev–Trinajstić information content (AvgIpc) is 2.46. The molecule has 0 aliphatic rings. The second-order valence-corrected chi connectivity index (χ2v) is 4.04. The molecule has 2 aromatic carbocycles. The van der Waals surface area contributed by atoms with Gasteiger partial charge in [-0.2, -0.15) is 0 Å². The van der Waals surface area contributed by atoms with Gasteiger partial charge in [0.1, 0.15) is 23.9 Å². The fraction of sp³-hybridized carbons (Fsp3) is 0.143. The van der Waals surface area contributed by atoms with E-state index in [0.29, 0.717) is 11.5 Å². The second-order valence-electron chi connectivity index (χ2n) is 4.04. The van der Waals surface area contributed by atoms with E-state index in [-0.39, 0.29) is 18.1 Å². The molecule has 6 heteroatoms. The van der Waals surface area contributed by atoms with Gasteiger partial charge in [0, 0.05) is 6.07 Å². The van der Waals surface area contributed by atoms with Crippen LogP contribution < -0.4 is 9.47 Å². The molecule has 104 valence electrons. The monoisotopic (exact) mass is 277 g/mol. The Kier molecular flexibility index (Phi) is 4.14. The van der Waals surface area contributed by atoms with Crippen molar-refractivity contribution in [1.29, 1.82) is 0 Å². The maximum Gasteiger partial charge on any atom is 0.276 e. The van der Waals surface area contributed by atoms with Crippen molar-refractivity contribution in [3.63, 3.8) is 0 Å². The van der Waals surface area contributed by atoms with Crippen LogP contribution in [0.1, 0.15) is 5.56 Å². The minimum atomic E-state index is -0.521. The van der Waals surface area contributed by atoms with Gasteiger partial charge >= 0.3 is 0 Å². The fourth-order valence-electron chi connectivity index (χ4n) is 1.61. The molecule has 0 bridgehead atoms. The van der Waals surface area contributed by atoms with Gasteiger partial charge in [-0.3, -0.25) is 10.1 Å². The van der Waals surface area contributed by atoms with Crippen molar-refractivity contribution >= 4 is 5.69 Å². The van der Waals surface area contributed by atoms with Gasteiger partial charge < -0.3 is 9.47 Å². The highest BCUT2D eigenvalue weighted by atomic mass is 19.1. The number of non-ortho nitro benzene ring substituents is 1. The number of hydrogen-bond acceptors (Lipinski definition) is 4. The molecule has 0 saturated heterocycles. The lowest BCUT2D eigenvalue weighted by Gasteiger charge is -2.08. The highest BCUT2D eigenvalue weighted by Gasteiger charge is 2.11. The molecule has 2 aromatic rings. The van der Waals surface area contributed by atoms with E-state index < -0.39 is 4.92 Å². The largest absolute Gasteiger partial charge is 0.496 e. The molecule has 0 atom stereocenters. The first kappa shape index (κ1) is 13.8. The SMILES string of the molecule is COc1cc(OCc2ccc(F)cc2)cc([N+](=O)[O-])c1. The Labute approximate surface area is 114 Å². The number of nitrogens with zero attached hydrogens (tertiary/aromatic N) is 1. The van der Waals surface area contributed by atoms with Crippen molar-refractivity contribution in [2.45, 2.75) is 6.61 Å². The van der Waals surface area contributed by atoms with Crippen molar-refractivity contribution in [1.82, 2.24) is 0 Å². The van der Waals surface area contributed by atoms with Crippen LogP contribution in [0, 0.1) is 15.9 Å². The Morgan fingerprint density at radius 2 is 1.80 bits per heavy atom. The maximum absolute atomic E-state index is 12.8. The van der Waals surface area contributed by atoms with Crippen LogP contribution in [0.15, 0.2) is 42.5 Å². The summed E-state index contributed by atoms with van der Waals surface area (Å²) in [5, 5.41) is 10.8. The number of methoxy groups -OCH3 is 1. The number of hydrogen-bond donors (Lipinski definition) is 0. The zero-order valence-corrected chi connectivity index (χ0v) is 10.7. The highest BCUT2D eigenvalue weighted by Crippen LogP contribution is 2.27. The molecular formula is C14H12FNO4. The van der Waals surface area contributed by atoms with Crippen molar-refractivity contribution in [3.8, 4) is 11.5 Å². The Hall–Kier alpha value is -2.63. The van der Waals surface area contributed by atoms with E-state index in [0.717, 1.165) is 5.56 Å². The molecule has 2 rings (SSSR count). The van der Waals surface area contributed by atoms with Gasteiger partial charge in [0.05, 0.1) is 24.2 Å². The summed E-state index contributed by atoms with van der Waals surface area (Å²) in [5.74, 6) is 0.333. The topological polar surface area (TPSA) is 61.6 Å². The lowest BCUT2D eigenvalue weighted by atomic mass is 10.2. The molecule has 0 N–H and O–H groups in total. The summed E-state index contributed by atoms with van der Waals surface area (Å²) in [6.07, 6.45) is 0. The van der Waals surface area contributed by atoms with Gasteiger partial charge in [0.15, 0.2) is 0 Å². The second kappa shape index (κ2) is 6.01. The molecule has 0 spiro atoms. The molecule has 0 aliphatic heterocycles. The maximum atomic E-state index is 12.8. The number of rotatable bonds is 5. The van der Waals surface area contributed by atoms with Crippen LogP contribution in [0.25, 0.3) is 0 Å². The van der Waals surface area contributed by atoms with Gasteiger partial charge in [-0.25, -0.2) is 4.39 Å². The molecular weight excluding hydrogens is 265 g/mol. The highest BCUT2D eigenvalue weighted by molar-refractivity contribution is 5.46. The summed E-state index contributed by atoms with van der Waals surface area (Å²) >= 11 is 0. The van der Waals surface area contributed by atoms with Crippen LogP contribution in [0.3, 0.4) is 0 Å². The minimum absolute atomic E-state index is 0.113. The van der Waals surface area contributed by atoms with Gasteiger partial charge in [-0.15, -0.1) is 0 Å². The summed E-state index contributed by atoms with van der Waals surface area (Å²) in [6.45, 7) is 0.185. The molecule has 0 saturated carbocycles. The lowest BCUT2D eigenvalue weighted by Crippen LogP contribution is -1.97. The minimum Gasteiger partial charge on any atom is -0.496 e. The number of ether oxygens (including phenoxy) is 2. The zero-order valence-electron chi connectivity index (χ0n) is 10.7. The van der Waals surface area contributed by atoms with Crippen LogP contribution in [-0.4, -0.2) is 12.0 Å². The van der Waals surface area contributed by atoms with Crippen molar-refractivity contribution in [3.05, 3.63) is 64.0 Å². The summed E-state index contributed by atoms with van der Waals surface area (Å²) in [5.41, 5.74) is 0.648. The van der Waals surface area contributed by atoms with Crippen LogP contribution in [-0.2, 0) is 6.61 Å². The van der Waals surface area contributed by atoms with Gasteiger partial charge in [-0.1, -0.05) is 12.1 Å². The van der Waals surface area contributed by atoms with Gasteiger partial charge in [-0.05, 0) is 17.7 Å². The molecule has 5 nitrogen and oxygen atoms in total. The number of nitro groups is 1. The van der Waals surface area contributed by atoms with Crippen LogP contribution >= 0.6 is 0 Å². The van der Waals surface area contributed by atoms with E-state index in [1.165, 1.54) is 31.4 Å². The quantitative estimate of drug-likeness (QED) is 0.621. The first-order chi connectivity index (χ1) is 9.58. The number of nitro benzene ring substituents is 1. The molecule has 0 radical (unpaired) electrons. The summed E-state index contributed by atoms with van der Waals surface area (Å²) in [6, 6.07) is 10.0. The number of halogens is 1. The van der Waals surface area contributed by atoms with Crippen LogP contribution in [0.4, 0.5) is 10.1 Å². The summed E-state index contributed by atoms with van der Waals surface area (Å²) in [4.78, 5) is 10.3. The summed E-state index contributed by atoms with van der Waals surface area (Å²) < 4.78 is 23.2. The summed E-state index contributed by atoms with van der Waals surface area (Å²) in [7, 11) is 1.42. The first-order valence-electron chi connectivity index (χ1n) is 5.79. The molecule has 0 aromatic heterocycles. The van der Waals surface area contributed by atoms with E-state index in [1.54, 1.807) is 18.2 Å². The van der Waals surface area contributed by atoms with E-state index in [9.17, 15) is 14.5 Å². The fourth-order valence-corrected chi connectivity index (χ4v) is 1.61. The van der Waals surface area contributed by atoms with E-state index in [2.05, 4.69) is 0 Å². The van der Waals surface area contributed by atoms with E-state index in [1.807, 2.05) is 0 Å².